The molecule has 5 heterocycles. The molecule has 4 aromatic heterocycles. The lowest BCUT2D eigenvalue weighted by molar-refractivity contribution is 0.240. The van der Waals surface area contributed by atoms with E-state index < -0.39 is 0 Å². The fraction of sp³-hybridized carbons (Fsp3) is 0.320. The Labute approximate surface area is 183 Å². The van der Waals surface area contributed by atoms with Crippen molar-refractivity contribution in [2.24, 2.45) is 0 Å². The summed E-state index contributed by atoms with van der Waals surface area (Å²) in [5.41, 5.74) is 6.72. The standard InChI is InChI=1S/C25H28N6/c1-17-12-14-31-22(19(3)27-25(31)15-17)16-30-13-6-9-21(30)20-8-5-11-24(28-20)29-23-10-4-7-18(2)26-23/h4-5,7-8,10-12,14-15,21H,6,9,13,16H2,1-3H3,(H,26,28,29). The average molecular weight is 413 g/mol. The second-order valence-corrected chi connectivity index (χ2v) is 8.44. The fourth-order valence-electron chi connectivity index (χ4n) is 4.50. The molecule has 1 aliphatic heterocycles. The Kier molecular flexibility index (Phi) is 5.16. The first-order chi connectivity index (χ1) is 15.1. The zero-order chi connectivity index (χ0) is 21.4. The summed E-state index contributed by atoms with van der Waals surface area (Å²) in [7, 11) is 0. The summed E-state index contributed by atoms with van der Waals surface area (Å²) in [5.74, 6) is 1.66. The molecule has 0 radical (unpaired) electrons. The van der Waals surface area contributed by atoms with E-state index in [2.05, 4.69) is 63.9 Å². The minimum Gasteiger partial charge on any atom is -0.325 e. The van der Waals surface area contributed by atoms with Crippen LogP contribution >= 0.6 is 0 Å². The number of imidazole rings is 1. The molecule has 4 aromatic rings. The lowest BCUT2D eigenvalue weighted by atomic mass is 10.1. The van der Waals surface area contributed by atoms with E-state index >= 15 is 0 Å². The molecule has 0 amide bonds. The van der Waals surface area contributed by atoms with Crippen LogP contribution in [0, 0.1) is 20.8 Å². The maximum absolute atomic E-state index is 4.94. The molecule has 31 heavy (non-hydrogen) atoms. The van der Waals surface area contributed by atoms with Gasteiger partial charge in [0.05, 0.1) is 23.1 Å². The van der Waals surface area contributed by atoms with E-state index in [4.69, 9.17) is 9.97 Å². The highest BCUT2D eigenvalue weighted by Gasteiger charge is 2.28. The largest absolute Gasteiger partial charge is 0.325 e. The SMILES string of the molecule is Cc1ccn2c(CN3CCCC3c3cccc(Nc4cccc(C)n4)n3)c(C)nc2c1. The zero-order valence-electron chi connectivity index (χ0n) is 18.3. The van der Waals surface area contributed by atoms with Gasteiger partial charge in [0.25, 0.3) is 0 Å². The maximum Gasteiger partial charge on any atom is 0.137 e. The van der Waals surface area contributed by atoms with Crippen molar-refractivity contribution in [3.05, 3.63) is 83.1 Å². The first-order valence-electron chi connectivity index (χ1n) is 10.9. The first kappa shape index (κ1) is 19.7. The number of nitrogens with one attached hydrogen (secondary N) is 1. The lowest BCUT2D eigenvalue weighted by Crippen LogP contribution is -2.24. The van der Waals surface area contributed by atoms with E-state index in [1.54, 1.807) is 0 Å². The van der Waals surface area contributed by atoms with Gasteiger partial charge in [-0.15, -0.1) is 0 Å². The highest BCUT2D eigenvalue weighted by molar-refractivity contribution is 5.52. The van der Waals surface area contributed by atoms with E-state index in [1.165, 1.54) is 17.7 Å². The third-order valence-electron chi connectivity index (χ3n) is 6.05. The van der Waals surface area contributed by atoms with Crippen LogP contribution in [-0.4, -0.2) is 30.8 Å². The molecule has 1 saturated heterocycles. The summed E-state index contributed by atoms with van der Waals surface area (Å²) >= 11 is 0. The highest BCUT2D eigenvalue weighted by Crippen LogP contribution is 2.33. The second kappa shape index (κ2) is 8.12. The molecule has 0 aromatic carbocycles. The number of likely N-dealkylation sites (tertiary alicyclic amines) is 1. The average Bonchev–Trinajstić information content (AvgIpc) is 3.32. The van der Waals surface area contributed by atoms with Crippen LogP contribution in [0.2, 0.25) is 0 Å². The molecule has 1 aliphatic rings. The van der Waals surface area contributed by atoms with Crippen molar-refractivity contribution < 1.29 is 0 Å². The van der Waals surface area contributed by atoms with Gasteiger partial charge in [0.2, 0.25) is 0 Å². The van der Waals surface area contributed by atoms with Crippen molar-refractivity contribution in [2.75, 3.05) is 11.9 Å². The molecule has 0 saturated carbocycles. The van der Waals surface area contributed by atoms with Crippen LogP contribution < -0.4 is 5.32 Å². The van der Waals surface area contributed by atoms with Gasteiger partial charge in [-0.2, -0.15) is 0 Å². The summed E-state index contributed by atoms with van der Waals surface area (Å²) in [6, 6.07) is 16.8. The van der Waals surface area contributed by atoms with Crippen molar-refractivity contribution in [3.63, 3.8) is 0 Å². The summed E-state index contributed by atoms with van der Waals surface area (Å²) < 4.78 is 2.23. The number of aryl methyl sites for hydroxylation is 3. The van der Waals surface area contributed by atoms with Gasteiger partial charge in [0.1, 0.15) is 17.3 Å². The van der Waals surface area contributed by atoms with Crippen molar-refractivity contribution in [1.82, 2.24) is 24.3 Å². The lowest BCUT2D eigenvalue weighted by Gasteiger charge is -2.24. The molecule has 0 aliphatic carbocycles. The van der Waals surface area contributed by atoms with Gasteiger partial charge in [-0.3, -0.25) is 4.90 Å². The number of pyridine rings is 3. The number of nitrogens with zero attached hydrogens (tertiary/aromatic N) is 5. The van der Waals surface area contributed by atoms with Crippen LogP contribution in [0.5, 0.6) is 0 Å². The molecule has 1 N–H and O–H groups in total. The Hall–Kier alpha value is -3.25. The van der Waals surface area contributed by atoms with Gasteiger partial charge in [0, 0.05) is 18.4 Å². The van der Waals surface area contributed by atoms with Gasteiger partial charge in [0.15, 0.2) is 0 Å². The zero-order valence-corrected chi connectivity index (χ0v) is 18.3. The van der Waals surface area contributed by atoms with Gasteiger partial charge in [-0.25, -0.2) is 15.0 Å². The summed E-state index contributed by atoms with van der Waals surface area (Å²) in [6.45, 7) is 8.16. The van der Waals surface area contributed by atoms with Gasteiger partial charge in [-0.05, 0) is 82.1 Å². The number of anilines is 2. The molecule has 158 valence electrons. The van der Waals surface area contributed by atoms with Crippen molar-refractivity contribution in [1.29, 1.82) is 0 Å². The molecule has 0 spiro atoms. The van der Waals surface area contributed by atoms with E-state index in [-0.39, 0.29) is 0 Å². The van der Waals surface area contributed by atoms with Crippen LogP contribution in [0.4, 0.5) is 11.6 Å². The Morgan fingerprint density at radius 1 is 0.968 bits per heavy atom. The maximum atomic E-state index is 4.94. The minimum atomic E-state index is 0.308. The number of rotatable bonds is 5. The number of hydrogen-bond acceptors (Lipinski definition) is 5. The van der Waals surface area contributed by atoms with E-state index in [0.29, 0.717) is 6.04 Å². The number of fused-ring (bicyclic) bond motifs is 1. The predicted molar refractivity (Wildman–Crippen MR) is 124 cm³/mol. The Morgan fingerprint density at radius 2 is 1.77 bits per heavy atom. The predicted octanol–water partition coefficient (Wildman–Crippen LogP) is 5.13. The molecule has 1 fully saturated rings. The van der Waals surface area contributed by atoms with Crippen LogP contribution in [0.25, 0.3) is 5.65 Å². The van der Waals surface area contributed by atoms with Crippen molar-refractivity contribution >= 4 is 17.3 Å². The molecular weight excluding hydrogens is 384 g/mol. The van der Waals surface area contributed by atoms with E-state index in [9.17, 15) is 0 Å². The quantitative estimate of drug-likeness (QED) is 0.492. The minimum absolute atomic E-state index is 0.308. The summed E-state index contributed by atoms with van der Waals surface area (Å²) in [4.78, 5) is 16.8. The summed E-state index contributed by atoms with van der Waals surface area (Å²) in [6.07, 6.45) is 4.44. The normalized spacial score (nSPS) is 16.8. The monoisotopic (exact) mass is 412 g/mol. The number of hydrogen-bond donors (Lipinski definition) is 1. The Morgan fingerprint density at radius 3 is 2.61 bits per heavy atom. The summed E-state index contributed by atoms with van der Waals surface area (Å²) in [5, 5.41) is 3.35. The van der Waals surface area contributed by atoms with E-state index in [0.717, 1.165) is 53.9 Å². The van der Waals surface area contributed by atoms with Crippen LogP contribution in [0.3, 0.4) is 0 Å². The topological polar surface area (TPSA) is 58.4 Å². The molecule has 5 rings (SSSR count). The van der Waals surface area contributed by atoms with Crippen LogP contribution in [0.15, 0.2) is 54.7 Å². The van der Waals surface area contributed by atoms with Crippen molar-refractivity contribution in [3.8, 4) is 0 Å². The smallest absolute Gasteiger partial charge is 0.137 e. The first-order valence-corrected chi connectivity index (χ1v) is 10.9. The molecular formula is C25H28N6. The van der Waals surface area contributed by atoms with Gasteiger partial charge >= 0.3 is 0 Å². The molecule has 1 unspecified atom stereocenters. The number of aromatic nitrogens is 4. The third-order valence-corrected chi connectivity index (χ3v) is 6.05. The van der Waals surface area contributed by atoms with Crippen LogP contribution in [0.1, 0.15) is 47.2 Å². The van der Waals surface area contributed by atoms with Gasteiger partial charge < -0.3 is 9.72 Å². The van der Waals surface area contributed by atoms with Gasteiger partial charge in [-0.1, -0.05) is 12.1 Å². The molecule has 1 atom stereocenters. The Bertz CT molecular complexity index is 1230. The molecule has 6 nitrogen and oxygen atoms in total. The van der Waals surface area contributed by atoms with Crippen LogP contribution in [-0.2, 0) is 6.54 Å². The highest BCUT2D eigenvalue weighted by atomic mass is 15.2. The molecule has 6 heteroatoms. The fourth-order valence-corrected chi connectivity index (χ4v) is 4.50. The second-order valence-electron chi connectivity index (χ2n) is 8.44. The third kappa shape index (κ3) is 4.03. The van der Waals surface area contributed by atoms with Crippen molar-refractivity contribution in [2.45, 2.75) is 46.2 Å². The molecule has 0 bridgehead atoms. The Balaban J connectivity index is 1.39. The van der Waals surface area contributed by atoms with E-state index in [1.807, 2.05) is 31.2 Å².